The van der Waals surface area contributed by atoms with E-state index in [1.54, 1.807) is 19.1 Å². The maximum atomic E-state index is 9.82. The first-order valence-electron chi connectivity index (χ1n) is 5.76. The zero-order valence-corrected chi connectivity index (χ0v) is 10.4. The van der Waals surface area contributed by atoms with E-state index < -0.39 is 5.60 Å². The van der Waals surface area contributed by atoms with Gasteiger partial charge in [-0.25, -0.2) is 0 Å². The van der Waals surface area contributed by atoms with Crippen LogP contribution < -0.4 is 10.5 Å². The molecule has 4 N–H and O–H groups in total. The van der Waals surface area contributed by atoms with Gasteiger partial charge >= 0.3 is 0 Å². The molecule has 0 aliphatic rings. The molecule has 1 rings (SSSR count). The van der Waals surface area contributed by atoms with Crippen LogP contribution in [0.5, 0.6) is 5.75 Å². The second kappa shape index (κ2) is 6.00. The molecular weight excluding hydrogens is 218 g/mol. The summed E-state index contributed by atoms with van der Waals surface area (Å²) >= 11 is 0. The topological polar surface area (TPSA) is 75.7 Å². The van der Waals surface area contributed by atoms with E-state index in [1.165, 1.54) is 0 Å². The summed E-state index contributed by atoms with van der Waals surface area (Å²) in [6.07, 6.45) is 0.360. The first kappa shape index (κ1) is 14.0. The van der Waals surface area contributed by atoms with Gasteiger partial charge in [0.15, 0.2) is 0 Å². The van der Waals surface area contributed by atoms with E-state index in [4.69, 9.17) is 15.6 Å². The lowest BCUT2D eigenvalue weighted by Crippen LogP contribution is -2.38. The molecule has 0 aliphatic carbocycles. The predicted octanol–water partition coefficient (Wildman–Crippen LogP) is 1.05. The molecule has 1 aromatic carbocycles. The van der Waals surface area contributed by atoms with Crippen molar-refractivity contribution in [3.8, 4) is 5.75 Å². The number of hydrogen-bond acceptors (Lipinski definition) is 4. The number of nitrogens with two attached hydrogens (primary N) is 1. The van der Waals surface area contributed by atoms with Crippen molar-refractivity contribution in [3.05, 3.63) is 29.8 Å². The van der Waals surface area contributed by atoms with Gasteiger partial charge in [0.05, 0.1) is 18.3 Å². The van der Waals surface area contributed by atoms with Crippen molar-refractivity contribution in [2.45, 2.75) is 38.6 Å². The van der Waals surface area contributed by atoms with Crippen LogP contribution in [-0.4, -0.2) is 28.5 Å². The van der Waals surface area contributed by atoms with E-state index in [0.717, 1.165) is 11.3 Å². The molecule has 4 nitrogen and oxygen atoms in total. The van der Waals surface area contributed by atoms with Crippen molar-refractivity contribution in [3.63, 3.8) is 0 Å². The SMILES string of the molecule is CC(CC(C)(O)CN)Oc1ccc(CO)cc1. The summed E-state index contributed by atoms with van der Waals surface area (Å²) < 4.78 is 5.65. The molecule has 1 aromatic rings. The van der Waals surface area contributed by atoms with Gasteiger partial charge in [-0.3, -0.25) is 0 Å². The Kier molecular flexibility index (Phi) is 4.93. The number of hydrogen-bond donors (Lipinski definition) is 3. The van der Waals surface area contributed by atoms with Crippen LogP contribution in [0.4, 0.5) is 0 Å². The fourth-order valence-corrected chi connectivity index (χ4v) is 1.65. The average Bonchev–Trinajstić information content (AvgIpc) is 2.29. The molecule has 96 valence electrons. The van der Waals surface area contributed by atoms with E-state index in [-0.39, 0.29) is 19.3 Å². The monoisotopic (exact) mass is 239 g/mol. The van der Waals surface area contributed by atoms with Gasteiger partial charge in [0.2, 0.25) is 0 Å². The molecule has 0 saturated heterocycles. The summed E-state index contributed by atoms with van der Waals surface area (Å²) in [6, 6.07) is 7.23. The van der Waals surface area contributed by atoms with Gasteiger partial charge in [0.1, 0.15) is 5.75 Å². The third-order valence-electron chi connectivity index (χ3n) is 2.61. The molecule has 0 saturated carbocycles. The van der Waals surface area contributed by atoms with Gasteiger partial charge in [0.25, 0.3) is 0 Å². The lowest BCUT2D eigenvalue weighted by Gasteiger charge is -2.25. The number of aliphatic hydroxyl groups is 2. The first-order valence-corrected chi connectivity index (χ1v) is 5.76. The van der Waals surface area contributed by atoms with E-state index in [2.05, 4.69) is 0 Å². The van der Waals surface area contributed by atoms with Crippen molar-refractivity contribution >= 4 is 0 Å². The number of aliphatic hydroxyl groups excluding tert-OH is 1. The second-order valence-electron chi connectivity index (χ2n) is 4.64. The molecule has 0 heterocycles. The average molecular weight is 239 g/mol. The summed E-state index contributed by atoms with van der Waals surface area (Å²) in [7, 11) is 0. The van der Waals surface area contributed by atoms with Crippen LogP contribution in [0.2, 0.25) is 0 Å². The van der Waals surface area contributed by atoms with Gasteiger partial charge in [-0.1, -0.05) is 12.1 Å². The Morgan fingerprint density at radius 2 is 1.94 bits per heavy atom. The van der Waals surface area contributed by atoms with Crippen LogP contribution in [-0.2, 0) is 6.61 Å². The van der Waals surface area contributed by atoms with Gasteiger partial charge in [-0.05, 0) is 31.5 Å². The van der Waals surface area contributed by atoms with Gasteiger partial charge in [-0.2, -0.15) is 0 Å². The van der Waals surface area contributed by atoms with Crippen molar-refractivity contribution in [1.29, 1.82) is 0 Å². The predicted molar refractivity (Wildman–Crippen MR) is 66.8 cm³/mol. The van der Waals surface area contributed by atoms with Crippen LogP contribution in [0.15, 0.2) is 24.3 Å². The summed E-state index contributed by atoms with van der Waals surface area (Å²) in [6.45, 7) is 3.83. The highest BCUT2D eigenvalue weighted by Gasteiger charge is 2.22. The fourth-order valence-electron chi connectivity index (χ4n) is 1.65. The molecule has 17 heavy (non-hydrogen) atoms. The minimum absolute atomic E-state index is 0.0255. The van der Waals surface area contributed by atoms with E-state index in [0.29, 0.717) is 6.42 Å². The Morgan fingerprint density at radius 3 is 2.41 bits per heavy atom. The Bertz CT molecular complexity index is 335. The minimum Gasteiger partial charge on any atom is -0.491 e. The summed E-state index contributed by atoms with van der Waals surface area (Å²) in [4.78, 5) is 0. The molecule has 2 unspecified atom stereocenters. The summed E-state index contributed by atoms with van der Waals surface area (Å²) in [5, 5.41) is 18.7. The quantitative estimate of drug-likeness (QED) is 0.693. The second-order valence-corrected chi connectivity index (χ2v) is 4.64. The van der Waals surface area contributed by atoms with Crippen LogP contribution in [0.25, 0.3) is 0 Å². The molecule has 0 aromatic heterocycles. The van der Waals surface area contributed by atoms with Crippen LogP contribution in [0, 0.1) is 0 Å². The Balaban J connectivity index is 2.52. The van der Waals surface area contributed by atoms with Gasteiger partial charge in [-0.15, -0.1) is 0 Å². The van der Waals surface area contributed by atoms with E-state index in [1.807, 2.05) is 19.1 Å². The Hall–Kier alpha value is -1.10. The Labute approximate surface area is 102 Å². The minimum atomic E-state index is -0.898. The third kappa shape index (κ3) is 4.73. The molecule has 0 fully saturated rings. The molecule has 0 amide bonds. The fraction of sp³-hybridized carbons (Fsp3) is 0.538. The third-order valence-corrected chi connectivity index (χ3v) is 2.61. The number of benzene rings is 1. The van der Waals surface area contributed by atoms with Crippen molar-refractivity contribution in [1.82, 2.24) is 0 Å². The largest absolute Gasteiger partial charge is 0.491 e. The number of ether oxygens (including phenoxy) is 1. The zero-order valence-electron chi connectivity index (χ0n) is 10.4. The molecule has 0 spiro atoms. The van der Waals surface area contributed by atoms with Gasteiger partial charge < -0.3 is 20.7 Å². The molecular formula is C13H21NO3. The standard InChI is InChI=1S/C13H21NO3/c1-10(7-13(2,16)9-14)17-12-5-3-11(8-15)4-6-12/h3-6,10,15-16H,7-9,14H2,1-2H3. The molecule has 0 radical (unpaired) electrons. The Morgan fingerprint density at radius 1 is 1.35 bits per heavy atom. The highest BCUT2D eigenvalue weighted by Crippen LogP contribution is 2.18. The van der Waals surface area contributed by atoms with Gasteiger partial charge in [0, 0.05) is 13.0 Å². The number of rotatable bonds is 6. The van der Waals surface area contributed by atoms with Crippen LogP contribution in [0.1, 0.15) is 25.8 Å². The van der Waals surface area contributed by atoms with E-state index in [9.17, 15) is 5.11 Å². The molecule has 0 bridgehead atoms. The summed E-state index contributed by atoms with van der Waals surface area (Å²) in [5.41, 5.74) is 5.40. The van der Waals surface area contributed by atoms with Crippen molar-refractivity contribution < 1.29 is 14.9 Å². The highest BCUT2D eigenvalue weighted by atomic mass is 16.5. The van der Waals surface area contributed by atoms with E-state index >= 15 is 0 Å². The lowest BCUT2D eigenvalue weighted by atomic mass is 9.99. The lowest BCUT2D eigenvalue weighted by molar-refractivity contribution is 0.0237. The normalized spacial score (nSPS) is 16.3. The van der Waals surface area contributed by atoms with Crippen LogP contribution >= 0.6 is 0 Å². The molecule has 2 atom stereocenters. The van der Waals surface area contributed by atoms with Crippen molar-refractivity contribution in [2.24, 2.45) is 5.73 Å². The highest BCUT2D eigenvalue weighted by molar-refractivity contribution is 5.27. The summed E-state index contributed by atoms with van der Waals surface area (Å²) in [5.74, 6) is 0.725. The zero-order chi connectivity index (χ0) is 12.9. The first-order chi connectivity index (χ1) is 7.96. The molecule has 4 heteroatoms. The smallest absolute Gasteiger partial charge is 0.119 e. The molecule has 0 aliphatic heterocycles. The maximum absolute atomic E-state index is 9.82. The van der Waals surface area contributed by atoms with Crippen molar-refractivity contribution in [2.75, 3.05) is 6.54 Å². The maximum Gasteiger partial charge on any atom is 0.119 e. The van der Waals surface area contributed by atoms with Crippen LogP contribution in [0.3, 0.4) is 0 Å².